The largest absolute Gasteiger partial charge is 0.360 e. The number of carbonyl (C=O) groups excluding carboxylic acids is 1. The lowest BCUT2D eigenvalue weighted by atomic mass is 10.2. The molecule has 0 bridgehead atoms. The van der Waals surface area contributed by atoms with E-state index in [0.29, 0.717) is 5.56 Å². The molecular weight excluding hydrogens is 239 g/mol. The first-order valence-electron chi connectivity index (χ1n) is 5.40. The monoisotopic (exact) mass is 254 g/mol. The number of thiocarbonyl (C=S) groups is 1. The molecule has 1 aromatic carbocycles. The molecule has 1 amide bonds. The van der Waals surface area contributed by atoms with Gasteiger partial charge < -0.3 is 5.32 Å². The minimum Gasteiger partial charge on any atom is -0.360 e. The average Bonchev–Trinajstić information content (AvgIpc) is 2.29. The van der Waals surface area contributed by atoms with Crippen molar-refractivity contribution in [3.05, 3.63) is 35.6 Å². The quantitative estimate of drug-likeness (QED) is 0.813. The summed E-state index contributed by atoms with van der Waals surface area (Å²) in [5.41, 5.74) is 0.375. The van der Waals surface area contributed by atoms with Crippen LogP contribution < -0.4 is 10.6 Å². The number of hydrogen-bond donors (Lipinski definition) is 2. The highest BCUT2D eigenvalue weighted by Crippen LogP contribution is 2.02. The number of rotatable bonds is 3. The van der Waals surface area contributed by atoms with Gasteiger partial charge in [-0.05, 0) is 49.8 Å². The van der Waals surface area contributed by atoms with Crippen LogP contribution in [-0.4, -0.2) is 17.1 Å². The Balaban J connectivity index is 2.54. The van der Waals surface area contributed by atoms with E-state index in [1.807, 2.05) is 13.8 Å². The zero-order valence-corrected chi connectivity index (χ0v) is 10.6. The van der Waals surface area contributed by atoms with Gasteiger partial charge in [0.1, 0.15) is 5.82 Å². The van der Waals surface area contributed by atoms with Crippen LogP contribution in [0, 0.1) is 5.82 Å². The molecule has 1 atom stereocenters. The normalized spacial score (nSPS) is 11.7. The summed E-state index contributed by atoms with van der Waals surface area (Å²) in [7, 11) is 0. The minimum atomic E-state index is -0.373. The summed E-state index contributed by atoms with van der Waals surface area (Å²) in [6.45, 7) is 3.98. The van der Waals surface area contributed by atoms with Gasteiger partial charge in [0.15, 0.2) is 5.11 Å². The van der Waals surface area contributed by atoms with Crippen molar-refractivity contribution in [2.45, 2.75) is 26.3 Å². The minimum absolute atomic E-state index is 0.205. The van der Waals surface area contributed by atoms with Gasteiger partial charge in [-0.25, -0.2) is 4.39 Å². The smallest absolute Gasteiger partial charge is 0.257 e. The summed E-state index contributed by atoms with van der Waals surface area (Å²) in [4.78, 5) is 11.7. The van der Waals surface area contributed by atoms with Crippen molar-refractivity contribution in [2.75, 3.05) is 0 Å². The highest BCUT2D eigenvalue weighted by atomic mass is 32.1. The maximum Gasteiger partial charge on any atom is 0.257 e. The third kappa shape index (κ3) is 4.48. The number of nitrogens with one attached hydrogen (secondary N) is 2. The molecule has 0 aliphatic carbocycles. The highest BCUT2D eigenvalue weighted by Gasteiger charge is 2.08. The Labute approximate surface area is 105 Å². The van der Waals surface area contributed by atoms with Gasteiger partial charge in [-0.1, -0.05) is 6.92 Å². The Morgan fingerprint density at radius 1 is 1.41 bits per heavy atom. The Kier molecular flexibility index (Phi) is 5.03. The second kappa shape index (κ2) is 6.30. The molecule has 1 aromatic rings. The van der Waals surface area contributed by atoms with E-state index in [-0.39, 0.29) is 22.9 Å². The fourth-order valence-electron chi connectivity index (χ4n) is 1.14. The van der Waals surface area contributed by atoms with Gasteiger partial charge in [0.2, 0.25) is 0 Å². The zero-order valence-electron chi connectivity index (χ0n) is 9.79. The van der Waals surface area contributed by atoms with Gasteiger partial charge in [0, 0.05) is 11.6 Å². The number of amides is 1. The van der Waals surface area contributed by atoms with Gasteiger partial charge in [-0.3, -0.25) is 10.1 Å². The maximum atomic E-state index is 12.7. The standard InChI is InChI=1S/C12H15FN2OS/c1-3-8(2)14-12(17)15-11(16)9-4-6-10(13)7-5-9/h4-8H,3H2,1-2H3,(H2,14,15,16,17). The van der Waals surface area contributed by atoms with E-state index < -0.39 is 0 Å². The second-order valence-corrected chi connectivity index (χ2v) is 4.15. The third-order valence-electron chi connectivity index (χ3n) is 2.32. The van der Waals surface area contributed by atoms with Crippen molar-refractivity contribution in [2.24, 2.45) is 0 Å². The van der Waals surface area contributed by atoms with E-state index in [2.05, 4.69) is 10.6 Å². The fourth-order valence-corrected chi connectivity index (χ4v) is 1.43. The lowest BCUT2D eigenvalue weighted by Gasteiger charge is -2.14. The molecule has 5 heteroatoms. The molecule has 0 aromatic heterocycles. The molecule has 0 aliphatic rings. The van der Waals surface area contributed by atoms with E-state index in [0.717, 1.165) is 6.42 Å². The predicted molar refractivity (Wildman–Crippen MR) is 69.4 cm³/mol. The van der Waals surface area contributed by atoms with Crippen molar-refractivity contribution < 1.29 is 9.18 Å². The summed E-state index contributed by atoms with van der Waals surface area (Å²) < 4.78 is 12.7. The van der Waals surface area contributed by atoms with Gasteiger partial charge in [-0.15, -0.1) is 0 Å². The molecule has 0 saturated heterocycles. The lowest BCUT2D eigenvalue weighted by molar-refractivity contribution is 0.0976. The Morgan fingerprint density at radius 3 is 2.53 bits per heavy atom. The van der Waals surface area contributed by atoms with Crippen molar-refractivity contribution >= 4 is 23.2 Å². The molecule has 1 rings (SSSR count). The van der Waals surface area contributed by atoms with E-state index in [9.17, 15) is 9.18 Å². The van der Waals surface area contributed by atoms with Crippen LogP contribution in [0.2, 0.25) is 0 Å². The molecule has 0 heterocycles. The SMILES string of the molecule is CCC(C)NC(=S)NC(=O)c1ccc(F)cc1. The van der Waals surface area contributed by atoms with Crippen LogP contribution in [0.15, 0.2) is 24.3 Å². The Bertz CT molecular complexity index is 405. The second-order valence-electron chi connectivity index (χ2n) is 3.74. The Morgan fingerprint density at radius 2 is 2.00 bits per heavy atom. The third-order valence-corrected chi connectivity index (χ3v) is 2.54. The van der Waals surface area contributed by atoms with Crippen molar-refractivity contribution in [1.29, 1.82) is 0 Å². The molecule has 2 N–H and O–H groups in total. The zero-order chi connectivity index (χ0) is 12.8. The van der Waals surface area contributed by atoms with Crippen LogP contribution in [0.4, 0.5) is 4.39 Å². The van der Waals surface area contributed by atoms with Gasteiger partial charge in [-0.2, -0.15) is 0 Å². The first-order chi connectivity index (χ1) is 8.02. The molecule has 0 saturated carbocycles. The molecular formula is C12H15FN2OS. The van der Waals surface area contributed by atoms with Gasteiger partial charge in [0.05, 0.1) is 0 Å². The highest BCUT2D eigenvalue weighted by molar-refractivity contribution is 7.80. The average molecular weight is 254 g/mol. The van der Waals surface area contributed by atoms with E-state index in [4.69, 9.17) is 12.2 Å². The van der Waals surface area contributed by atoms with E-state index >= 15 is 0 Å². The Hall–Kier alpha value is -1.49. The van der Waals surface area contributed by atoms with Crippen LogP contribution in [0.1, 0.15) is 30.6 Å². The number of carbonyl (C=O) groups is 1. The van der Waals surface area contributed by atoms with Crippen LogP contribution >= 0.6 is 12.2 Å². The molecule has 0 fully saturated rings. The topological polar surface area (TPSA) is 41.1 Å². The van der Waals surface area contributed by atoms with Gasteiger partial charge in [0.25, 0.3) is 5.91 Å². The molecule has 0 radical (unpaired) electrons. The molecule has 0 aliphatic heterocycles. The molecule has 0 spiro atoms. The molecule has 1 unspecified atom stereocenters. The first kappa shape index (κ1) is 13.6. The van der Waals surface area contributed by atoms with Crippen molar-refractivity contribution in [3.8, 4) is 0 Å². The van der Waals surface area contributed by atoms with Crippen molar-refractivity contribution in [1.82, 2.24) is 10.6 Å². The summed E-state index contributed by atoms with van der Waals surface area (Å²) in [6.07, 6.45) is 0.909. The van der Waals surface area contributed by atoms with E-state index in [1.165, 1.54) is 24.3 Å². The maximum absolute atomic E-state index is 12.7. The van der Waals surface area contributed by atoms with Crippen LogP contribution in [0.3, 0.4) is 0 Å². The molecule has 17 heavy (non-hydrogen) atoms. The van der Waals surface area contributed by atoms with E-state index in [1.54, 1.807) is 0 Å². The summed E-state index contributed by atoms with van der Waals surface area (Å²) >= 11 is 4.98. The predicted octanol–water partition coefficient (Wildman–Crippen LogP) is 2.23. The summed E-state index contributed by atoms with van der Waals surface area (Å²) in [5, 5.41) is 5.79. The number of benzene rings is 1. The fraction of sp³-hybridized carbons (Fsp3) is 0.333. The van der Waals surface area contributed by atoms with Crippen molar-refractivity contribution in [3.63, 3.8) is 0 Å². The lowest BCUT2D eigenvalue weighted by Crippen LogP contribution is -2.43. The van der Waals surface area contributed by atoms with Crippen LogP contribution in [0.25, 0.3) is 0 Å². The molecule has 3 nitrogen and oxygen atoms in total. The number of hydrogen-bond acceptors (Lipinski definition) is 2. The number of halogens is 1. The summed E-state index contributed by atoms with van der Waals surface area (Å²) in [6, 6.07) is 5.50. The van der Waals surface area contributed by atoms with Gasteiger partial charge >= 0.3 is 0 Å². The first-order valence-corrected chi connectivity index (χ1v) is 5.81. The molecule has 92 valence electrons. The van der Waals surface area contributed by atoms with Crippen LogP contribution in [-0.2, 0) is 0 Å². The van der Waals surface area contributed by atoms with Crippen LogP contribution in [0.5, 0.6) is 0 Å². The summed E-state index contributed by atoms with van der Waals surface area (Å²) in [5.74, 6) is -0.715.